The van der Waals surface area contributed by atoms with Gasteiger partial charge in [0.2, 0.25) is 0 Å². The summed E-state index contributed by atoms with van der Waals surface area (Å²) in [6.07, 6.45) is 23.5. The summed E-state index contributed by atoms with van der Waals surface area (Å²) >= 11 is 0. The molecule has 11 atom stereocenters. The molecule has 2 aromatic carbocycles. The molecule has 2 aromatic heterocycles. The largest absolute Gasteiger partial charge is 0.508 e. The third-order valence-electron chi connectivity index (χ3n) is 19.2. The number of benzene rings is 2. The second-order valence-electron chi connectivity index (χ2n) is 23.4. The zero-order chi connectivity index (χ0) is 48.4. The maximum absolute atomic E-state index is 13.8. The van der Waals surface area contributed by atoms with Crippen LogP contribution in [0, 0.1) is 57.9 Å². The molecule has 10 bridgehead atoms. The number of nitrogens with two attached hydrogens (primary N) is 1. The predicted molar refractivity (Wildman–Crippen MR) is 276 cm³/mol. The minimum Gasteiger partial charge on any atom is -0.508 e. The second kappa shape index (κ2) is 17.4. The van der Waals surface area contributed by atoms with Gasteiger partial charge in [-0.05, 0) is 109 Å². The molecule has 4 aromatic rings. The molecule has 5 aliphatic carbocycles. The van der Waals surface area contributed by atoms with Crippen LogP contribution in [0.2, 0.25) is 0 Å². The Labute approximate surface area is 424 Å². The van der Waals surface area contributed by atoms with E-state index in [0.29, 0.717) is 41.2 Å². The molecule has 0 amide bonds. The van der Waals surface area contributed by atoms with Crippen molar-refractivity contribution in [1.29, 1.82) is 0 Å². The highest BCUT2D eigenvalue weighted by Gasteiger charge is 2.62. The zero-order valence-corrected chi connectivity index (χ0v) is 42.2. The van der Waals surface area contributed by atoms with Gasteiger partial charge in [0.1, 0.15) is 23.7 Å². The molecule has 11 nitrogen and oxygen atoms in total. The molecule has 8 heterocycles. The number of phenols is 1. The summed E-state index contributed by atoms with van der Waals surface area (Å²) < 4.78 is 16.2. The molecule has 11 unspecified atom stereocenters. The Kier molecular flexibility index (Phi) is 11.4. The molecular weight excluding hydrogens is 929 g/mol. The number of allylic oxidation sites excluding steroid dienone is 1. The van der Waals surface area contributed by atoms with E-state index < -0.39 is 41.8 Å². The third kappa shape index (κ3) is 7.48. The third-order valence-corrected chi connectivity index (χ3v) is 21.6. The molecule has 71 heavy (non-hydrogen) atoms. The van der Waals surface area contributed by atoms with Crippen LogP contribution >= 0.6 is 21.6 Å². The number of aromatic nitrogens is 2. The van der Waals surface area contributed by atoms with Gasteiger partial charge < -0.3 is 45.2 Å². The fourth-order valence-electron chi connectivity index (χ4n) is 15.9. The molecule has 3 fully saturated rings. The lowest BCUT2D eigenvalue weighted by atomic mass is 9.50. The van der Waals surface area contributed by atoms with E-state index >= 15 is 0 Å². The maximum Gasteiger partial charge on any atom is 0.191 e. The highest BCUT2D eigenvalue weighted by molar-refractivity contribution is 8.76. The summed E-state index contributed by atoms with van der Waals surface area (Å²) in [7, 11) is 3.56. The molecule has 6 aliphatic heterocycles. The lowest BCUT2D eigenvalue weighted by molar-refractivity contribution is -0.122. The monoisotopic (exact) mass is 994 g/mol. The summed E-state index contributed by atoms with van der Waals surface area (Å²) in [5, 5.41) is 52.0. The van der Waals surface area contributed by atoms with Crippen molar-refractivity contribution in [3.05, 3.63) is 87.9 Å². The fraction of sp³-hybridized carbons (Fsp3) is 0.569. The van der Waals surface area contributed by atoms with Crippen molar-refractivity contribution in [2.45, 2.75) is 157 Å². The topological polar surface area (TPSA) is 175 Å². The number of aromatic hydroxyl groups is 1. The van der Waals surface area contributed by atoms with Gasteiger partial charge in [0.05, 0.1) is 35.2 Å². The number of aliphatic hydroxyl groups excluding tert-OH is 3. The normalized spacial score (nSPS) is 33.9. The first-order chi connectivity index (χ1) is 34.4. The van der Waals surface area contributed by atoms with Crippen molar-refractivity contribution in [2.75, 3.05) is 12.3 Å². The van der Waals surface area contributed by atoms with E-state index in [1.807, 2.05) is 29.9 Å². The second-order valence-corrected chi connectivity index (χ2v) is 25.9. The van der Waals surface area contributed by atoms with Gasteiger partial charge in [0.25, 0.3) is 0 Å². The molecule has 11 aliphatic rings. The van der Waals surface area contributed by atoms with Crippen molar-refractivity contribution < 1.29 is 34.7 Å². The molecule has 0 saturated heterocycles. The van der Waals surface area contributed by atoms with Crippen LogP contribution in [0.1, 0.15) is 167 Å². The number of H-pyrrole nitrogens is 1. The number of rotatable bonds is 6. The molecule has 0 radical (unpaired) electrons. The van der Waals surface area contributed by atoms with E-state index in [0.717, 1.165) is 78.3 Å². The predicted octanol–water partition coefficient (Wildman–Crippen LogP) is 9.62. The fourth-order valence-corrected chi connectivity index (χ4v) is 18.6. The summed E-state index contributed by atoms with van der Waals surface area (Å²) in [5.41, 5.74) is 14.5. The minimum atomic E-state index is -1.09. The van der Waals surface area contributed by atoms with Crippen LogP contribution in [-0.2, 0) is 22.4 Å². The SMILES string of the molecule is CC1C=CC(C(O)CC(=O)CCc2c(O)cc3c4c2CSSCC25CNC(N)c6ccc7c(c62)C(c2c[nH]c6cn(cc26)C(O4)C(C#CC7O)C2(C#CO3)CCCC2)C2(CCC3(CCCC3)C2)C5)C(O)C1. The van der Waals surface area contributed by atoms with Crippen LogP contribution in [-0.4, -0.2) is 60.3 Å². The van der Waals surface area contributed by atoms with Gasteiger partial charge in [-0.25, -0.2) is 0 Å². The average Bonchev–Trinajstić information content (AvgIpc) is 4.21. The molecule has 372 valence electrons. The van der Waals surface area contributed by atoms with E-state index in [1.165, 1.54) is 48.8 Å². The van der Waals surface area contributed by atoms with Gasteiger partial charge in [-0.1, -0.05) is 96.2 Å². The number of phenolic OH excluding ortho intramolecular Hbond substituents is 1. The van der Waals surface area contributed by atoms with Crippen molar-refractivity contribution in [3.8, 4) is 41.1 Å². The van der Waals surface area contributed by atoms with Crippen molar-refractivity contribution in [2.24, 2.45) is 39.7 Å². The lowest BCUT2D eigenvalue weighted by Crippen LogP contribution is -2.56. The molecular formula is C58H66N4O7S2. The van der Waals surface area contributed by atoms with E-state index in [-0.39, 0.29) is 59.6 Å². The van der Waals surface area contributed by atoms with Crippen LogP contribution in [0.15, 0.2) is 48.9 Å². The number of carbonyl (C=O) groups is 1. The molecule has 15 rings (SSSR count). The van der Waals surface area contributed by atoms with Gasteiger partial charge in [0.15, 0.2) is 17.7 Å². The number of carbonyl (C=O) groups excluding carboxylic acids is 1. The number of nitrogens with zero attached hydrogens (tertiary/aromatic N) is 1. The Morgan fingerprint density at radius 1 is 1.00 bits per heavy atom. The highest BCUT2D eigenvalue weighted by Crippen LogP contribution is 2.71. The first-order valence-corrected chi connectivity index (χ1v) is 28.9. The number of Topliss-reactive ketones (excluding diaryl/α,β-unsaturated/α-hetero) is 1. The van der Waals surface area contributed by atoms with E-state index in [1.54, 1.807) is 16.9 Å². The first kappa shape index (κ1) is 46.5. The Balaban J connectivity index is 1.01. The number of fused-ring (bicyclic) bond motifs is 1. The standard InChI is InChI=1S/C58H66N4O7S2/c1-33-6-8-36(45(65)22-33)46(66)23-34(63)7-9-35-41-28-70-71-32-58-30-57(19-18-55(29-57)14-2-3-15-55)51-39-25-60-43-27-62(26-40(39)43)54-42(12-13-44(64)37-10-11-38(50(58)49(37)51)53(59)61-31-58)56(16-4-5-17-56)20-21-68-48(24-47(35)67)52(41)69-54/h6,8,10-11,24-27,33,36,42,44-46,51,53-54,60-61,64-67H,2-5,7,9,14-19,22-23,28-32,59H2,1H3. The summed E-state index contributed by atoms with van der Waals surface area (Å²) in [6.45, 7) is 2.74. The number of aromatic amines is 1. The minimum absolute atomic E-state index is 0.00385. The van der Waals surface area contributed by atoms with Gasteiger partial charge in [0, 0.05) is 89.3 Å². The quantitative estimate of drug-likeness (QED) is 0.0557. The van der Waals surface area contributed by atoms with Gasteiger partial charge >= 0.3 is 0 Å². The molecule has 13 heteroatoms. The molecule has 8 N–H and O–H groups in total. The summed E-state index contributed by atoms with van der Waals surface area (Å²) in [6, 6.07) is 5.88. The number of nitrogens with one attached hydrogen (secondary N) is 2. The number of ether oxygens (including phenoxy) is 2. The van der Waals surface area contributed by atoms with Gasteiger partial charge in [-0.2, -0.15) is 0 Å². The van der Waals surface area contributed by atoms with Crippen LogP contribution in [0.5, 0.6) is 17.2 Å². The van der Waals surface area contributed by atoms with Crippen LogP contribution < -0.4 is 20.5 Å². The number of ketones is 1. The van der Waals surface area contributed by atoms with Crippen molar-refractivity contribution >= 4 is 38.3 Å². The summed E-state index contributed by atoms with van der Waals surface area (Å²) in [4.78, 5) is 17.6. The molecule has 3 saturated carbocycles. The Bertz CT molecular complexity index is 2980. The Hall–Kier alpha value is -4.31. The van der Waals surface area contributed by atoms with Crippen LogP contribution in [0.25, 0.3) is 10.9 Å². The van der Waals surface area contributed by atoms with Crippen molar-refractivity contribution in [1.82, 2.24) is 14.9 Å². The number of hydrogen-bond acceptors (Lipinski definition) is 11. The van der Waals surface area contributed by atoms with E-state index in [4.69, 9.17) is 15.2 Å². The smallest absolute Gasteiger partial charge is 0.191 e. The highest BCUT2D eigenvalue weighted by atomic mass is 33.1. The zero-order valence-electron chi connectivity index (χ0n) is 40.6. The van der Waals surface area contributed by atoms with Crippen LogP contribution in [0.3, 0.4) is 0 Å². The Morgan fingerprint density at radius 3 is 2.65 bits per heavy atom. The number of aliphatic hydroxyl groups is 3. The number of hydrogen-bond donors (Lipinski definition) is 7. The van der Waals surface area contributed by atoms with Gasteiger partial charge in [-0.3, -0.25) is 10.1 Å². The summed E-state index contributed by atoms with van der Waals surface area (Å²) in [5.74, 6) is 11.9. The van der Waals surface area contributed by atoms with Gasteiger partial charge in [-0.15, -0.1) is 0 Å². The van der Waals surface area contributed by atoms with Crippen LogP contribution in [0.4, 0.5) is 0 Å². The first-order valence-electron chi connectivity index (χ1n) is 26.5. The maximum atomic E-state index is 13.8. The van der Waals surface area contributed by atoms with E-state index in [9.17, 15) is 25.2 Å². The van der Waals surface area contributed by atoms with Crippen molar-refractivity contribution in [3.63, 3.8) is 0 Å². The molecule has 4 spiro atoms. The van der Waals surface area contributed by atoms with E-state index in [2.05, 4.69) is 69.5 Å². The lowest BCUT2D eigenvalue weighted by Gasteiger charge is -2.56. The Morgan fingerprint density at radius 2 is 1.82 bits per heavy atom. The average molecular weight is 995 g/mol.